The van der Waals surface area contributed by atoms with E-state index < -0.39 is 0 Å². The molecule has 0 aliphatic heterocycles. The lowest BCUT2D eigenvalue weighted by Crippen LogP contribution is -2.15. The van der Waals surface area contributed by atoms with Gasteiger partial charge in [0.2, 0.25) is 0 Å². The minimum atomic E-state index is 0.792. The van der Waals surface area contributed by atoms with Gasteiger partial charge in [-0.1, -0.05) is 18.7 Å². The average molecular weight is 212 g/mol. The fourth-order valence-electron chi connectivity index (χ4n) is 1.77. The molecule has 0 saturated carbocycles. The van der Waals surface area contributed by atoms with Crippen molar-refractivity contribution < 1.29 is 0 Å². The molecule has 2 nitrogen and oxygen atoms in total. The standard InChI is InChI=1S/C14H16N2/c1-3-8-15-11-12(2)13-7-10-16-9-5-4-6-14(13)16/h3-7,9-10,15H,1-2,8,11H2. The first kappa shape index (κ1) is 10.7. The molecule has 82 valence electrons. The normalized spacial score (nSPS) is 10.5. The lowest BCUT2D eigenvalue weighted by atomic mass is 10.1. The minimum absolute atomic E-state index is 0.792. The second-order valence-electron chi connectivity index (χ2n) is 3.75. The van der Waals surface area contributed by atoms with E-state index in [1.165, 1.54) is 11.1 Å². The number of rotatable bonds is 5. The Hall–Kier alpha value is -1.80. The summed E-state index contributed by atoms with van der Waals surface area (Å²) >= 11 is 0. The van der Waals surface area contributed by atoms with Gasteiger partial charge in [0.05, 0.1) is 5.52 Å². The quantitative estimate of drug-likeness (QED) is 0.595. The van der Waals surface area contributed by atoms with Crippen molar-refractivity contribution in [2.24, 2.45) is 0 Å². The van der Waals surface area contributed by atoms with Crippen LogP contribution in [0.2, 0.25) is 0 Å². The van der Waals surface area contributed by atoms with Crippen molar-refractivity contribution in [3.63, 3.8) is 0 Å². The summed E-state index contributed by atoms with van der Waals surface area (Å²) in [5, 5.41) is 3.26. The summed E-state index contributed by atoms with van der Waals surface area (Å²) in [6.07, 6.45) is 5.96. The van der Waals surface area contributed by atoms with Crippen LogP contribution in [-0.2, 0) is 0 Å². The molecule has 2 heteroatoms. The molecule has 2 aromatic rings. The molecule has 0 saturated heterocycles. The van der Waals surface area contributed by atoms with Gasteiger partial charge in [0.25, 0.3) is 0 Å². The van der Waals surface area contributed by atoms with E-state index in [1.807, 2.05) is 24.4 Å². The maximum atomic E-state index is 4.11. The molecule has 0 atom stereocenters. The highest BCUT2D eigenvalue weighted by atomic mass is 14.9. The van der Waals surface area contributed by atoms with Gasteiger partial charge in [-0.2, -0.15) is 0 Å². The number of nitrogens with one attached hydrogen (secondary N) is 1. The third-order valence-electron chi connectivity index (χ3n) is 2.58. The molecule has 0 bridgehead atoms. The molecule has 0 radical (unpaired) electrons. The van der Waals surface area contributed by atoms with Gasteiger partial charge in [-0.05, 0) is 23.8 Å². The number of nitrogens with zero attached hydrogens (tertiary/aromatic N) is 1. The second kappa shape index (κ2) is 4.81. The van der Waals surface area contributed by atoms with Crippen LogP contribution in [0.3, 0.4) is 0 Å². The molecule has 0 unspecified atom stereocenters. The zero-order valence-electron chi connectivity index (χ0n) is 9.32. The number of aromatic nitrogens is 1. The Morgan fingerprint density at radius 2 is 2.19 bits per heavy atom. The predicted molar refractivity (Wildman–Crippen MR) is 69.5 cm³/mol. The van der Waals surface area contributed by atoms with Crippen molar-refractivity contribution in [1.82, 2.24) is 9.72 Å². The summed E-state index contributed by atoms with van der Waals surface area (Å²) in [6, 6.07) is 8.28. The Labute approximate surface area is 95.9 Å². The highest BCUT2D eigenvalue weighted by Gasteiger charge is 2.04. The summed E-state index contributed by atoms with van der Waals surface area (Å²) in [7, 11) is 0. The lowest BCUT2D eigenvalue weighted by Gasteiger charge is -2.05. The third kappa shape index (κ3) is 2.07. The van der Waals surface area contributed by atoms with Gasteiger partial charge in [-0.15, -0.1) is 6.58 Å². The van der Waals surface area contributed by atoms with Crippen LogP contribution in [0.15, 0.2) is 55.9 Å². The molecule has 1 N–H and O–H groups in total. The van der Waals surface area contributed by atoms with Crippen molar-refractivity contribution in [3.8, 4) is 0 Å². The first-order valence-electron chi connectivity index (χ1n) is 5.38. The molecule has 0 spiro atoms. The molecule has 16 heavy (non-hydrogen) atoms. The van der Waals surface area contributed by atoms with Gasteiger partial charge in [0.15, 0.2) is 0 Å². The average Bonchev–Trinajstić information content (AvgIpc) is 2.73. The maximum absolute atomic E-state index is 4.11. The van der Waals surface area contributed by atoms with Crippen LogP contribution in [0.1, 0.15) is 5.56 Å². The summed E-state index contributed by atoms with van der Waals surface area (Å²) in [5.74, 6) is 0. The summed E-state index contributed by atoms with van der Waals surface area (Å²) in [5.41, 5.74) is 3.51. The molecule has 2 heterocycles. The number of pyridine rings is 1. The van der Waals surface area contributed by atoms with Crippen molar-refractivity contribution >= 4 is 11.1 Å². The second-order valence-corrected chi connectivity index (χ2v) is 3.75. The number of hydrogen-bond acceptors (Lipinski definition) is 1. The van der Waals surface area contributed by atoms with E-state index in [9.17, 15) is 0 Å². The van der Waals surface area contributed by atoms with Gasteiger partial charge in [0.1, 0.15) is 0 Å². The smallest absolute Gasteiger partial charge is 0.0525 e. The van der Waals surface area contributed by atoms with Gasteiger partial charge in [-0.25, -0.2) is 0 Å². The Morgan fingerprint density at radius 3 is 3.00 bits per heavy atom. The molecule has 2 aromatic heterocycles. The van der Waals surface area contributed by atoms with E-state index in [0.29, 0.717) is 0 Å². The van der Waals surface area contributed by atoms with E-state index in [0.717, 1.165) is 18.7 Å². The van der Waals surface area contributed by atoms with Crippen LogP contribution in [0.5, 0.6) is 0 Å². The summed E-state index contributed by atoms with van der Waals surface area (Å²) < 4.78 is 2.11. The van der Waals surface area contributed by atoms with Crippen molar-refractivity contribution in [2.45, 2.75) is 0 Å². The Kier molecular flexibility index (Phi) is 3.22. The first-order valence-corrected chi connectivity index (χ1v) is 5.38. The number of fused-ring (bicyclic) bond motifs is 1. The van der Waals surface area contributed by atoms with Gasteiger partial charge in [-0.3, -0.25) is 0 Å². The van der Waals surface area contributed by atoms with Crippen LogP contribution in [0, 0.1) is 0 Å². The zero-order chi connectivity index (χ0) is 11.4. The highest BCUT2D eigenvalue weighted by molar-refractivity contribution is 5.78. The van der Waals surface area contributed by atoms with E-state index in [-0.39, 0.29) is 0 Å². The predicted octanol–water partition coefficient (Wildman–Crippen LogP) is 2.73. The maximum Gasteiger partial charge on any atom is 0.0525 e. The molecule has 0 aromatic carbocycles. The van der Waals surface area contributed by atoms with E-state index in [4.69, 9.17) is 0 Å². The molecule has 0 aliphatic carbocycles. The number of hydrogen-bond donors (Lipinski definition) is 1. The van der Waals surface area contributed by atoms with Crippen LogP contribution in [0.4, 0.5) is 0 Å². The SMILES string of the molecule is C=CCNCC(=C)c1ccn2ccccc12. The Bertz CT molecular complexity index is 508. The molecule has 0 aliphatic rings. The fourth-order valence-corrected chi connectivity index (χ4v) is 1.77. The monoisotopic (exact) mass is 212 g/mol. The summed E-state index contributed by atoms with van der Waals surface area (Å²) in [4.78, 5) is 0. The lowest BCUT2D eigenvalue weighted by molar-refractivity contribution is 0.855. The highest BCUT2D eigenvalue weighted by Crippen LogP contribution is 2.19. The molecule has 0 fully saturated rings. The zero-order valence-corrected chi connectivity index (χ0v) is 9.32. The third-order valence-corrected chi connectivity index (χ3v) is 2.58. The Balaban J connectivity index is 2.19. The van der Waals surface area contributed by atoms with Crippen LogP contribution in [-0.4, -0.2) is 17.5 Å². The van der Waals surface area contributed by atoms with Crippen molar-refractivity contribution in [3.05, 3.63) is 61.5 Å². The first-order chi connectivity index (χ1) is 7.83. The minimum Gasteiger partial charge on any atom is -0.323 e. The van der Waals surface area contributed by atoms with Crippen LogP contribution in [0.25, 0.3) is 11.1 Å². The molecular weight excluding hydrogens is 196 g/mol. The van der Waals surface area contributed by atoms with Gasteiger partial charge >= 0.3 is 0 Å². The fraction of sp³-hybridized carbons (Fsp3) is 0.143. The largest absolute Gasteiger partial charge is 0.323 e. The van der Waals surface area contributed by atoms with E-state index >= 15 is 0 Å². The van der Waals surface area contributed by atoms with Crippen LogP contribution < -0.4 is 5.32 Å². The summed E-state index contributed by atoms with van der Waals surface area (Å²) in [6.45, 7) is 9.39. The van der Waals surface area contributed by atoms with Crippen LogP contribution >= 0.6 is 0 Å². The van der Waals surface area contributed by atoms with E-state index in [1.54, 1.807) is 0 Å². The molecule has 0 amide bonds. The topological polar surface area (TPSA) is 16.4 Å². The molecular formula is C14H16N2. The molecule has 2 rings (SSSR count). The van der Waals surface area contributed by atoms with Gasteiger partial charge < -0.3 is 9.72 Å². The van der Waals surface area contributed by atoms with Gasteiger partial charge in [0, 0.05) is 31.0 Å². The Morgan fingerprint density at radius 1 is 1.31 bits per heavy atom. The van der Waals surface area contributed by atoms with Crippen molar-refractivity contribution in [1.29, 1.82) is 0 Å². The van der Waals surface area contributed by atoms with Crippen molar-refractivity contribution in [2.75, 3.05) is 13.1 Å². The van der Waals surface area contributed by atoms with E-state index in [2.05, 4.69) is 41.2 Å².